The Bertz CT molecular complexity index is 519. The largest absolute Gasteiger partial charge is 0.368 e. The molecule has 7 nitrogen and oxygen atoms in total. The molecule has 0 radical (unpaired) electrons. The van der Waals surface area contributed by atoms with Gasteiger partial charge in [-0.1, -0.05) is 0 Å². The van der Waals surface area contributed by atoms with E-state index in [4.69, 9.17) is 4.74 Å². The van der Waals surface area contributed by atoms with Crippen molar-refractivity contribution in [2.45, 2.75) is 76.6 Å². The molecule has 0 aromatic heterocycles. The maximum atomic E-state index is 12.7. The van der Waals surface area contributed by atoms with Crippen LogP contribution >= 0.6 is 0 Å². The minimum absolute atomic E-state index is 0.00605. The lowest BCUT2D eigenvalue weighted by Gasteiger charge is -2.47. The maximum Gasteiger partial charge on any atom is 0.317 e. The highest BCUT2D eigenvalue weighted by Gasteiger charge is 2.39. The maximum absolute atomic E-state index is 12.7. The van der Waals surface area contributed by atoms with Gasteiger partial charge in [0.25, 0.3) is 5.91 Å². The fraction of sp³-hybridized carbons (Fsp3) is 0.895. The molecule has 148 valence electrons. The van der Waals surface area contributed by atoms with Crippen LogP contribution in [0, 0.1) is 0 Å². The zero-order valence-electron chi connectivity index (χ0n) is 16.6. The number of piperazine rings is 1. The highest BCUT2D eigenvalue weighted by molar-refractivity contribution is 5.81. The molecule has 0 spiro atoms. The van der Waals surface area contributed by atoms with Crippen LogP contribution < -0.4 is 10.6 Å². The molecule has 0 aliphatic carbocycles. The smallest absolute Gasteiger partial charge is 0.317 e. The third-order valence-corrected chi connectivity index (χ3v) is 5.60. The number of hydrogen-bond acceptors (Lipinski definition) is 4. The van der Waals surface area contributed by atoms with E-state index in [2.05, 4.69) is 38.3 Å². The van der Waals surface area contributed by atoms with E-state index in [0.29, 0.717) is 32.8 Å². The first-order valence-electron chi connectivity index (χ1n) is 9.90. The van der Waals surface area contributed by atoms with Crippen LogP contribution in [0.25, 0.3) is 0 Å². The molecule has 3 heterocycles. The van der Waals surface area contributed by atoms with Gasteiger partial charge in [0.1, 0.15) is 6.10 Å². The molecule has 1 atom stereocenters. The number of rotatable bonds is 2. The zero-order chi connectivity index (χ0) is 18.9. The molecular weight excluding hydrogens is 332 g/mol. The molecule has 0 bridgehead atoms. The highest BCUT2D eigenvalue weighted by atomic mass is 16.5. The van der Waals surface area contributed by atoms with Crippen molar-refractivity contribution in [2.24, 2.45) is 0 Å². The van der Waals surface area contributed by atoms with Gasteiger partial charge in [-0.2, -0.15) is 0 Å². The predicted octanol–water partition coefficient (Wildman–Crippen LogP) is 1.33. The Hall–Kier alpha value is -1.34. The molecule has 1 unspecified atom stereocenters. The zero-order valence-corrected chi connectivity index (χ0v) is 16.6. The molecular formula is C19H34N4O3. The summed E-state index contributed by atoms with van der Waals surface area (Å²) in [5.41, 5.74) is 0.0121. The normalized spacial score (nSPS) is 28.8. The molecule has 3 saturated heterocycles. The molecule has 2 N–H and O–H groups in total. The molecule has 3 amide bonds. The Morgan fingerprint density at radius 3 is 2.12 bits per heavy atom. The number of urea groups is 1. The van der Waals surface area contributed by atoms with Gasteiger partial charge < -0.3 is 25.2 Å². The van der Waals surface area contributed by atoms with Gasteiger partial charge in [-0.05, 0) is 53.4 Å². The van der Waals surface area contributed by atoms with E-state index in [9.17, 15) is 9.59 Å². The van der Waals surface area contributed by atoms with E-state index in [0.717, 1.165) is 25.7 Å². The third-order valence-electron chi connectivity index (χ3n) is 5.60. The molecule has 7 heteroatoms. The van der Waals surface area contributed by atoms with Gasteiger partial charge in [0, 0.05) is 49.9 Å². The SMILES string of the molecule is CC1(C)CC(NC(=O)N2CCN(C(=O)C3CCCO3)CC2)CC(C)(C)N1. The van der Waals surface area contributed by atoms with Gasteiger partial charge in [-0.25, -0.2) is 4.79 Å². The molecule has 3 rings (SSSR count). The average Bonchev–Trinajstić information content (AvgIpc) is 3.05. The topological polar surface area (TPSA) is 73.9 Å². The van der Waals surface area contributed by atoms with Crippen LogP contribution in [0.3, 0.4) is 0 Å². The van der Waals surface area contributed by atoms with Crippen LogP contribution in [0.2, 0.25) is 0 Å². The van der Waals surface area contributed by atoms with E-state index in [-0.39, 0.29) is 35.2 Å². The number of hydrogen-bond donors (Lipinski definition) is 2. The number of piperidine rings is 1. The Kier molecular flexibility index (Phi) is 5.49. The van der Waals surface area contributed by atoms with Crippen LogP contribution in [-0.2, 0) is 9.53 Å². The van der Waals surface area contributed by atoms with Crippen molar-refractivity contribution >= 4 is 11.9 Å². The Morgan fingerprint density at radius 2 is 1.58 bits per heavy atom. The summed E-state index contributed by atoms with van der Waals surface area (Å²) in [5.74, 6) is 0.0874. The number of carbonyl (C=O) groups is 2. The van der Waals surface area contributed by atoms with Crippen LogP contribution in [0.5, 0.6) is 0 Å². The van der Waals surface area contributed by atoms with Gasteiger partial charge in [0.05, 0.1) is 0 Å². The first-order chi connectivity index (χ1) is 12.2. The summed E-state index contributed by atoms with van der Waals surface area (Å²) in [6, 6.07) is 0.160. The van der Waals surface area contributed by atoms with Crippen molar-refractivity contribution in [1.82, 2.24) is 20.4 Å². The first-order valence-corrected chi connectivity index (χ1v) is 9.90. The second-order valence-corrected chi connectivity index (χ2v) is 9.26. The minimum atomic E-state index is -0.269. The summed E-state index contributed by atoms with van der Waals surface area (Å²) in [5, 5.41) is 6.86. The van der Waals surface area contributed by atoms with E-state index in [1.807, 2.05) is 9.80 Å². The van der Waals surface area contributed by atoms with E-state index >= 15 is 0 Å². The average molecular weight is 367 g/mol. The standard InChI is InChI=1S/C19H34N4O3/c1-18(2)12-14(13-19(3,4)21-18)20-17(25)23-9-7-22(8-10-23)16(24)15-6-5-11-26-15/h14-15,21H,5-13H2,1-4H3,(H,20,25). The monoisotopic (exact) mass is 366 g/mol. The second kappa shape index (κ2) is 7.35. The number of nitrogens with one attached hydrogen (secondary N) is 2. The summed E-state index contributed by atoms with van der Waals surface area (Å²) in [6.07, 6.45) is 3.34. The number of carbonyl (C=O) groups excluding carboxylic acids is 2. The van der Waals surface area contributed by atoms with Crippen LogP contribution in [-0.4, -0.2) is 77.7 Å². The quantitative estimate of drug-likeness (QED) is 0.773. The van der Waals surface area contributed by atoms with Gasteiger partial charge in [-0.15, -0.1) is 0 Å². The van der Waals surface area contributed by atoms with Crippen molar-refractivity contribution in [3.05, 3.63) is 0 Å². The Morgan fingerprint density at radius 1 is 1.00 bits per heavy atom. The number of ether oxygens (including phenoxy) is 1. The van der Waals surface area contributed by atoms with Gasteiger partial charge in [0.2, 0.25) is 0 Å². The van der Waals surface area contributed by atoms with E-state index in [1.54, 1.807) is 0 Å². The number of nitrogens with zero attached hydrogens (tertiary/aromatic N) is 2. The summed E-state index contributed by atoms with van der Waals surface area (Å²) in [7, 11) is 0. The molecule has 3 aliphatic heterocycles. The predicted molar refractivity (Wildman–Crippen MR) is 100.0 cm³/mol. The first kappa shape index (κ1) is 19.4. The number of amides is 3. The Labute approximate surface area is 156 Å². The van der Waals surface area contributed by atoms with E-state index < -0.39 is 0 Å². The summed E-state index contributed by atoms with van der Waals surface area (Å²) in [4.78, 5) is 28.8. The van der Waals surface area contributed by atoms with Gasteiger partial charge in [0.15, 0.2) is 0 Å². The Balaban J connectivity index is 1.48. The van der Waals surface area contributed by atoms with Crippen LogP contribution in [0.4, 0.5) is 4.79 Å². The molecule has 0 aromatic carbocycles. The summed E-state index contributed by atoms with van der Waals surface area (Å²) in [6.45, 7) is 11.8. The highest BCUT2D eigenvalue weighted by Crippen LogP contribution is 2.28. The molecule has 3 fully saturated rings. The summed E-state index contributed by atoms with van der Waals surface area (Å²) < 4.78 is 5.49. The minimum Gasteiger partial charge on any atom is -0.368 e. The lowest BCUT2D eigenvalue weighted by atomic mass is 9.80. The van der Waals surface area contributed by atoms with Crippen molar-refractivity contribution in [2.75, 3.05) is 32.8 Å². The van der Waals surface area contributed by atoms with Crippen LogP contribution in [0.1, 0.15) is 53.4 Å². The molecule has 0 aromatic rings. The van der Waals surface area contributed by atoms with Crippen molar-refractivity contribution < 1.29 is 14.3 Å². The molecule has 3 aliphatic rings. The third kappa shape index (κ3) is 4.68. The van der Waals surface area contributed by atoms with Gasteiger partial charge >= 0.3 is 6.03 Å². The molecule has 0 saturated carbocycles. The lowest BCUT2D eigenvalue weighted by Crippen LogP contribution is -2.63. The van der Waals surface area contributed by atoms with Gasteiger partial charge in [-0.3, -0.25) is 4.79 Å². The lowest BCUT2D eigenvalue weighted by molar-refractivity contribution is -0.142. The van der Waals surface area contributed by atoms with E-state index in [1.165, 1.54) is 0 Å². The van der Waals surface area contributed by atoms with Crippen LogP contribution in [0.15, 0.2) is 0 Å². The van der Waals surface area contributed by atoms with Crippen molar-refractivity contribution in [1.29, 1.82) is 0 Å². The fourth-order valence-electron chi connectivity index (χ4n) is 4.80. The van der Waals surface area contributed by atoms with Crippen molar-refractivity contribution in [3.63, 3.8) is 0 Å². The molecule has 26 heavy (non-hydrogen) atoms. The van der Waals surface area contributed by atoms with Crippen molar-refractivity contribution in [3.8, 4) is 0 Å². The second-order valence-electron chi connectivity index (χ2n) is 9.26. The summed E-state index contributed by atoms with van der Waals surface area (Å²) >= 11 is 0. The fourth-order valence-corrected chi connectivity index (χ4v) is 4.80.